The van der Waals surface area contributed by atoms with Crippen LogP contribution < -0.4 is 0 Å². The van der Waals surface area contributed by atoms with Crippen LogP contribution in [0.2, 0.25) is 0 Å². The van der Waals surface area contributed by atoms with E-state index >= 15 is 0 Å². The molecule has 1 aliphatic heterocycles. The number of carbonyl (C=O) groups is 2. The summed E-state index contributed by atoms with van der Waals surface area (Å²) >= 11 is 0. The number of rotatable bonds is 18. The number of ether oxygens (including phenoxy) is 1. The zero-order chi connectivity index (χ0) is 20.5. The van der Waals surface area contributed by atoms with Crippen molar-refractivity contribution in [3.8, 4) is 0 Å². The van der Waals surface area contributed by atoms with E-state index in [-0.39, 0.29) is 17.8 Å². The van der Waals surface area contributed by atoms with E-state index in [0.717, 1.165) is 25.8 Å². The predicted octanol–water partition coefficient (Wildman–Crippen LogP) is 6.27. The fraction of sp³-hybridized carbons (Fsp3) is 0.917. The lowest BCUT2D eigenvalue weighted by atomic mass is 10.1. The largest absolute Gasteiger partial charge is 0.465 e. The van der Waals surface area contributed by atoms with Gasteiger partial charge in [-0.25, -0.2) is 0 Å². The number of hydrogen-bond acceptors (Lipinski definition) is 3. The normalized spacial score (nSPS) is 16.7. The molecular weight excluding hydrogens is 350 g/mol. The van der Waals surface area contributed by atoms with E-state index in [4.69, 9.17) is 4.74 Å². The fourth-order valence-corrected chi connectivity index (χ4v) is 3.93. The molecule has 0 aromatic heterocycles. The van der Waals surface area contributed by atoms with E-state index in [1.165, 1.54) is 77.0 Å². The molecule has 1 fully saturated rings. The van der Waals surface area contributed by atoms with Crippen molar-refractivity contribution in [3.63, 3.8) is 0 Å². The van der Waals surface area contributed by atoms with Crippen LogP contribution in [0.15, 0.2) is 0 Å². The Bertz CT molecular complexity index is 411. The Hall–Kier alpha value is -1.06. The molecule has 1 unspecified atom stereocenters. The minimum Gasteiger partial charge on any atom is -0.465 e. The Kier molecular flexibility index (Phi) is 15.0. The number of amides is 1. The molecule has 0 bridgehead atoms. The van der Waals surface area contributed by atoms with Gasteiger partial charge in [0.25, 0.3) is 0 Å². The van der Waals surface area contributed by atoms with Crippen LogP contribution in [0.5, 0.6) is 0 Å². The Morgan fingerprint density at radius 2 is 1.32 bits per heavy atom. The number of esters is 1. The van der Waals surface area contributed by atoms with Crippen LogP contribution in [-0.4, -0.2) is 36.5 Å². The van der Waals surface area contributed by atoms with Crippen molar-refractivity contribution in [2.45, 2.75) is 117 Å². The standard InChI is InChI=1S/C24H45NO3/c1-3-5-7-9-10-11-12-13-14-15-16-18-25-21-22(20-23(25)26)24(27)28-19-17-8-6-4-2/h22H,3-21H2,1-2H3. The van der Waals surface area contributed by atoms with Crippen LogP contribution >= 0.6 is 0 Å². The first-order valence-corrected chi connectivity index (χ1v) is 12.1. The number of hydrogen-bond donors (Lipinski definition) is 0. The first-order chi connectivity index (χ1) is 13.7. The van der Waals surface area contributed by atoms with Gasteiger partial charge in [0.1, 0.15) is 0 Å². The monoisotopic (exact) mass is 395 g/mol. The smallest absolute Gasteiger partial charge is 0.311 e. The average Bonchev–Trinajstić information content (AvgIpc) is 3.06. The third-order valence-corrected chi connectivity index (χ3v) is 5.82. The van der Waals surface area contributed by atoms with Gasteiger partial charge in [0.2, 0.25) is 5.91 Å². The van der Waals surface area contributed by atoms with Gasteiger partial charge >= 0.3 is 5.97 Å². The summed E-state index contributed by atoms with van der Waals surface area (Å²) in [7, 11) is 0. The molecule has 0 N–H and O–H groups in total. The molecule has 0 saturated carbocycles. The quantitative estimate of drug-likeness (QED) is 0.203. The third-order valence-electron chi connectivity index (χ3n) is 5.82. The number of nitrogens with zero attached hydrogens (tertiary/aromatic N) is 1. The van der Waals surface area contributed by atoms with E-state index in [0.29, 0.717) is 19.6 Å². The lowest BCUT2D eigenvalue weighted by molar-refractivity contribution is -0.148. The van der Waals surface area contributed by atoms with Crippen molar-refractivity contribution < 1.29 is 14.3 Å². The summed E-state index contributed by atoms with van der Waals surface area (Å²) < 4.78 is 5.36. The Morgan fingerprint density at radius 3 is 1.89 bits per heavy atom. The van der Waals surface area contributed by atoms with Gasteiger partial charge in [0, 0.05) is 19.5 Å². The first-order valence-electron chi connectivity index (χ1n) is 12.1. The number of likely N-dealkylation sites (tertiary alicyclic amines) is 1. The molecule has 28 heavy (non-hydrogen) atoms. The summed E-state index contributed by atoms with van der Waals surface area (Å²) in [6.45, 7) is 6.29. The van der Waals surface area contributed by atoms with Crippen molar-refractivity contribution in [3.05, 3.63) is 0 Å². The maximum atomic E-state index is 12.1. The maximum Gasteiger partial charge on any atom is 0.311 e. The lowest BCUT2D eigenvalue weighted by Gasteiger charge is -2.16. The number of unbranched alkanes of at least 4 members (excludes halogenated alkanes) is 13. The second-order valence-corrected chi connectivity index (χ2v) is 8.50. The zero-order valence-corrected chi connectivity index (χ0v) is 18.7. The maximum absolute atomic E-state index is 12.1. The van der Waals surface area contributed by atoms with Crippen molar-refractivity contribution >= 4 is 11.9 Å². The molecule has 1 amide bonds. The third kappa shape index (κ3) is 11.7. The molecule has 1 rings (SSSR count). The van der Waals surface area contributed by atoms with E-state index in [9.17, 15) is 9.59 Å². The summed E-state index contributed by atoms with van der Waals surface area (Å²) in [4.78, 5) is 26.1. The van der Waals surface area contributed by atoms with Gasteiger partial charge in [-0.1, -0.05) is 97.3 Å². The topological polar surface area (TPSA) is 46.6 Å². The molecule has 164 valence electrons. The lowest BCUT2D eigenvalue weighted by Crippen LogP contribution is -2.27. The van der Waals surface area contributed by atoms with Gasteiger partial charge in [-0.2, -0.15) is 0 Å². The Balaban J connectivity index is 1.99. The molecule has 1 aliphatic rings. The summed E-state index contributed by atoms with van der Waals surface area (Å²) in [5.41, 5.74) is 0. The van der Waals surface area contributed by atoms with Crippen LogP contribution in [0.3, 0.4) is 0 Å². The highest BCUT2D eigenvalue weighted by molar-refractivity contribution is 5.86. The van der Waals surface area contributed by atoms with Crippen LogP contribution in [0, 0.1) is 5.92 Å². The highest BCUT2D eigenvalue weighted by Gasteiger charge is 2.34. The molecule has 0 radical (unpaired) electrons. The van der Waals surface area contributed by atoms with Crippen LogP contribution in [-0.2, 0) is 14.3 Å². The summed E-state index contributed by atoms with van der Waals surface area (Å²) in [5, 5.41) is 0. The fourth-order valence-electron chi connectivity index (χ4n) is 3.93. The second-order valence-electron chi connectivity index (χ2n) is 8.50. The highest BCUT2D eigenvalue weighted by atomic mass is 16.5. The van der Waals surface area contributed by atoms with Crippen molar-refractivity contribution in [1.29, 1.82) is 0 Å². The molecule has 1 atom stereocenters. The minimum atomic E-state index is -0.244. The van der Waals surface area contributed by atoms with Gasteiger partial charge in [0.15, 0.2) is 0 Å². The summed E-state index contributed by atoms with van der Waals surface area (Å²) in [6, 6.07) is 0. The number of carbonyl (C=O) groups excluding carboxylic acids is 2. The molecule has 0 aliphatic carbocycles. The van der Waals surface area contributed by atoms with Crippen molar-refractivity contribution in [1.82, 2.24) is 4.90 Å². The molecule has 0 aromatic rings. The molecule has 4 nitrogen and oxygen atoms in total. The van der Waals surface area contributed by atoms with Crippen LogP contribution in [0.25, 0.3) is 0 Å². The molecule has 1 heterocycles. The van der Waals surface area contributed by atoms with Crippen LogP contribution in [0.4, 0.5) is 0 Å². The molecule has 1 saturated heterocycles. The van der Waals surface area contributed by atoms with E-state index < -0.39 is 0 Å². The summed E-state index contributed by atoms with van der Waals surface area (Å²) in [5.74, 6) is -0.294. The second kappa shape index (κ2) is 16.9. The molecule has 0 spiro atoms. The Morgan fingerprint density at radius 1 is 0.821 bits per heavy atom. The SMILES string of the molecule is CCCCCCCCCCCCCN1CC(C(=O)OCCCCCC)CC1=O. The van der Waals surface area contributed by atoms with Crippen molar-refractivity contribution in [2.24, 2.45) is 5.92 Å². The first kappa shape index (κ1) is 25.0. The highest BCUT2D eigenvalue weighted by Crippen LogP contribution is 2.20. The van der Waals surface area contributed by atoms with Gasteiger partial charge in [-0.05, 0) is 12.8 Å². The molecule has 4 heteroatoms. The van der Waals surface area contributed by atoms with Gasteiger partial charge < -0.3 is 9.64 Å². The van der Waals surface area contributed by atoms with Crippen LogP contribution in [0.1, 0.15) is 117 Å². The minimum absolute atomic E-state index is 0.125. The predicted molar refractivity (Wildman–Crippen MR) is 116 cm³/mol. The average molecular weight is 396 g/mol. The van der Waals surface area contributed by atoms with Gasteiger partial charge in [-0.15, -0.1) is 0 Å². The van der Waals surface area contributed by atoms with Gasteiger partial charge in [0.05, 0.1) is 12.5 Å². The Labute approximate surface area is 173 Å². The van der Waals surface area contributed by atoms with Gasteiger partial charge in [-0.3, -0.25) is 9.59 Å². The van der Waals surface area contributed by atoms with Crippen molar-refractivity contribution in [2.75, 3.05) is 19.7 Å². The molecule has 0 aromatic carbocycles. The van der Waals surface area contributed by atoms with E-state index in [1.807, 2.05) is 4.90 Å². The molecular formula is C24H45NO3. The summed E-state index contributed by atoms with van der Waals surface area (Å²) in [6.07, 6.45) is 19.2. The van der Waals surface area contributed by atoms with E-state index in [2.05, 4.69) is 13.8 Å². The zero-order valence-electron chi connectivity index (χ0n) is 18.7. The van der Waals surface area contributed by atoms with E-state index in [1.54, 1.807) is 0 Å².